The second-order valence-corrected chi connectivity index (χ2v) is 9.77. The zero-order valence-corrected chi connectivity index (χ0v) is 18.0. The Morgan fingerprint density at radius 2 is 1.90 bits per heavy atom. The van der Waals surface area contributed by atoms with E-state index in [1.807, 2.05) is 25.3 Å². The van der Waals surface area contributed by atoms with Crippen LogP contribution in [0.2, 0.25) is 0 Å². The summed E-state index contributed by atoms with van der Waals surface area (Å²) >= 11 is 2.98. The van der Waals surface area contributed by atoms with Gasteiger partial charge in [0.2, 0.25) is 5.67 Å². The number of thiophene rings is 1. The fourth-order valence-electron chi connectivity index (χ4n) is 3.67. The molecule has 2 fully saturated rings. The highest BCUT2D eigenvalue weighted by molar-refractivity contribution is 7.12. The highest BCUT2D eigenvalue weighted by Gasteiger charge is 2.71. The highest BCUT2D eigenvalue weighted by Crippen LogP contribution is 2.48. The number of aliphatic carboxylic acids is 1. The summed E-state index contributed by atoms with van der Waals surface area (Å²) in [5, 5.41) is 9.76. The molecule has 31 heavy (non-hydrogen) atoms. The highest BCUT2D eigenvalue weighted by atomic mass is 32.1. The molecule has 0 aliphatic carbocycles. The molecule has 0 radical (unpaired) electrons. The SMILES string of the molecule is Cc1cc(N2C[C@@]3(F)CN(Cc4nccs4)C[C@@]3(F)C2=O)c(C)s1.O=C(O)C(F)(F)F. The van der Waals surface area contributed by atoms with Crippen LogP contribution in [-0.4, -0.2) is 64.0 Å². The summed E-state index contributed by atoms with van der Waals surface area (Å²) in [5.41, 5.74) is -4.02. The fraction of sp³-hybridized carbons (Fsp3) is 0.500. The van der Waals surface area contributed by atoms with Crippen LogP contribution < -0.4 is 4.90 Å². The molecule has 13 heteroatoms. The van der Waals surface area contributed by atoms with E-state index in [1.54, 1.807) is 11.1 Å². The third-order valence-electron chi connectivity index (χ3n) is 5.01. The topological polar surface area (TPSA) is 73.7 Å². The number of carboxylic acid groups (broad SMARTS) is 1. The van der Waals surface area contributed by atoms with Crippen LogP contribution in [0.1, 0.15) is 14.8 Å². The minimum atomic E-state index is -5.08. The molecule has 2 aliphatic rings. The normalized spacial score (nSPS) is 26.0. The number of carboxylic acids is 1. The molecule has 6 nitrogen and oxygen atoms in total. The van der Waals surface area contributed by atoms with Crippen molar-refractivity contribution in [2.24, 2.45) is 0 Å². The van der Waals surface area contributed by atoms with Crippen molar-refractivity contribution in [3.05, 3.63) is 32.4 Å². The summed E-state index contributed by atoms with van der Waals surface area (Å²) in [6.45, 7) is 3.63. The second-order valence-electron chi connectivity index (χ2n) is 7.33. The molecule has 0 unspecified atom stereocenters. The van der Waals surface area contributed by atoms with Gasteiger partial charge in [-0.15, -0.1) is 22.7 Å². The first kappa shape index (κ1) is 23.5. The third kappa shape index (κ3) is 4.44. The lowest BCUT2D eigenvalue weighted by molar-refractivity contribution is -0.192. The van der Waals surface area contributed by atoms with Crippen LogP contribution in [0.25, 0.3) is 0 Å². The van der Waals surface area contributed by atoms with Gasteiger partial charge in [-0.25, -0.2) is 18.6 Å². The molecule has 1 N–H and O–H groups in total. The number of alkyl halides is 5. The Bertz CT molecular complexity index is 981. The molecule has 0 aromatic carbocycles. The van der Waals surface area contributed by atoms with Crippen molar-refractivity contribution in [1.82, 2.24) is 9.88 Å². The van der Waals surface area contributed by atoms with E-state index >= 15 is 8.78 Å². The standard InChI is InChI=1S/C16H17F2N3OS2.C2HF3O2/c1-10-5-12(11(2)24-10)21-8-15(17)7-20(6-13-19-3-4-23-13)9-16(15,18)14(21)22;3-2(4,5)1(6)7/h3-5H,6-9H2,1-2H3;(H,6,7)/t15-,16+;/m0./s1. The van der Waals surface area contributed by atoms with Gasteiger partial charge in [0.05, 0.1) is 18.8 Å². The van der Waals surface area contributed by atoms with E-state index in [1.165, 1.54) is 27.6 Å². The van der Waals surface area contributed by atoms with Gasteiger partial charge in [0.15, 0.2) is 5.67 Å². The summed E-state index contributed by atoms with van der Waals surface area (Å²) in [4.78, 5) is 30.6. The molecule has 1 amide bonds. The maximum absolute atomic E-state index is 15.4. The minimum Gasteiger partial charge on any atom is -0.475 e. The maximum Gasteiger partial charge on any atom is 0.490 e. The van der Waals surface area contributed by atoms with E-state index < -0.39 is 29.4 Å². The molecule has 0 saturated carbocycles. The summed E-state index contributed by atoms with van der Waals surface area (Å²) < 4.78 is 62.5. The molecule has 0 bridgehead atoms. The van der Waals surface area contributed by atoms with Crippen molar-refractivity contribution in [3.8, 4) is 0 Å². The smallest absolute Gasteiger partial charge is 0.475 e. The van der Waals surface area contributed by atoms with Crippen molar-refractivity contribution < 1.29 is 36.6 Å². The van der Waals surface area contributed by atoms with Gasteiger partial charge >= 0.3 is 12.1 Å². The predicted molar refractivity (Wildman–Crippen MR) is 105 cm³/mol. The van der Waals surface area contributed by atoms with Crippen LogP contribution in [0.3, 0.4) is 0 Å². The zero-order valence-electron chi connectivity index (χ0n) is 16.4. The number of amides is 1. The van der Waals surface area contributed by atoms with E-state index in [2.05, 4.69) is 4.98 Å². The molecular formula is C18H18F5N3O3S2. The summed E-state index contributed by atoms with van der Waals surface area (Å²) in [6.07, 6.45) is -3.41. The number of hydrogen-bond acceptors (Lipinski definition) is 6. The Hall–Kier alpha value is -2.12. The van der Waals surface area contributed by atoms with Crippen LogP contribution in [0.5, 0.6) is 0 Å². The van der Waals surface area contributed by atoms with Crippen molar-refractivity contribution in [2.75, 3.05) is 24.5 Å². The summed E-state index contributed by atoms with van der Waals surface area (Å²) in [6, 6.07) is 1.83. The second kappa shape index (κ2) is 8.10. The minimum absolute atomic E-state index is 0.0898. The first-order chi connectivity index (χ1) is 14.3. The molecule has 2 saturated heterocycles. The third-order valence-corrected chi connectivity index (χ3v) is 6.73. The van der Waals surface area contributed by atoms with E-state index in [0.717, 1.165) is 14.8 Å². The molecule has 0 spiro atoms. The average Bonchev–Trinajstić information content (AvgIpc) is 3.35. The molecular weight excluding hydrogens is 465 g/mol. The van der Waals surface area contributed by atoms with E-state index in [-0.39, 0.29) is 19.6 Å². The molecule has 4 rings (SSSR count). The Morgan fingerprint density at radius 3 is 2.35 bits per heavy atom. The number of fused-ring (bicyclic) bond motifs is 1. The molecule has 2 aliphatic heterocycles. The lowest BCUT2D eigenvalue weighted by Gasteiger charge is -2.21. The zero-order chi connectivity index (χ0) is 23.2. The molecule has 2 aromatic rings. The average molecular weight is 483 g/mol. The largest absolute Gasteiger partial charge is 0.490 e. The molecule has 4 heterocycles. The quantitative estimate of drug-likeness (QED) is 0.674. The monoisotopic (exact) mass is 483 g/mol. The fourth-order valence-corrected chi connectivity index (χ4v) is 5.26. The number of thiazole rings is 1. The molecule has 2 aromatic heterocycles. The van der Waals surface area contributed by atoms with Crippen LogP contribution in [0.15, 0.2) is 17.6 Å². The Labute approximate surface area is 181 Å². The first-order valence-corrected chi connectivity index (χ1v) is 10.6. The van der Waals surface area contributed by atoms with Gasteiger partial charge in [-0.3, -0.25) is 9.69 Å². The van der Waals surface area contributed by atoms with Crippen LogP contribution in [0, 0.1) is 13.8 Å². The van der Waals surface area contributed by atoms with Crippen molar-refractivity contribution in [2.45, 2.75) is 37.9 Å². The van der Waals surface area contributed by atoms with Gasteiger partial charge in [-0.05, 0) is 19.9 Å². The van der Waals surface area contributed by atoms with Crippen LogP contribution >= 0.6 is 22.7 Å². The number of rotatable bonds is 3. The van der Waals surface area contributed by atoms with Crippen molar-refractivity contribution in [1.29, 1.82) is 0 Å². The summed E-state index contributed by atoms with van der Waals surface area (Å²) in [7, 11) is 0. The first-order valence-electron chi connectivity index (χ1n) is 8.94. The van der Waals surface area contributed by atoms with Crippen LogP contribution in [0.4, 0.5) is 27.6 Å². The lowest BCUT2D eigenvalue weighted by atomic mass is 9.93. The van der Waals surface area contributed by atoms with Gasteiger partial charge in [0.25, 0.3) is 5.91 Å². The van der Waals surface area contributed by atoms with Crippen molar-refractivity contribution >= 4 is 40.2 Å². The van der Waals surface area contributed by atoms with Gasteiger partial charge in [0, 0.05) is 34.4 Å². The number of halogens is 5. The van der Waals surface area contributed by atoms with E-state index in [9.17, 15) is 18.0 Å². The van der Waals surface area contributed by atoms with Gasteiger partial charge in [0.1, 0.15) is 5.01 Å². The van der Waals surface area contributed by atoms with Crippen molar-refractivity contribution in [3.63, 3.8) is 0 Å². The van der Waals surface area contributed by atoms with Gasteiger partial charge < -0.3 is 10.0 Å². The Morgan fingerprint density at radius 1 is 1.26 bits per heavy atom. The number of carbonyl (C=O) groups is 2. The number of aryl methyl sites for hydroxylation is 2. The van der Waals surface area contributed by atoms with E-state index in [4.69, 9.17) is 9.90 Å². The Kier molecular flexibility index (Phi) is 6.15. The maximum atomic E-state index is 15.4. The number of aromatic nitrogens is 1. The Balaban J connectivity index is 0.000000339. The number of anilines is 1. The van der Waals surface area contributed by atoms with Crippen LogP contribution in [-0.2, 0) is 16.1 Å². The van der Waals surface area contributed by atoms with Gasteiger partial charge in [-0.2, -0.15) is 13.2 Å². The molecule has 2 atom stereocenters. The number of hydrogen-bond donors (Lipinski definition) is 1. The number of nitrogens with zero attached hydrogens (tertiary/aromatic N) is 3. The number of carbonyl (C=O) groups excluding carboxylic acids is 1. The number of likely N-dealkylation sites (tertiary alicyclic amines) is 1. The predicted octanol–water partition coefficient (Wildman–Crippen LogP) is 3.73. The van der Waals surface area contributed by atoms with Gasteiger partial charge in [-0.1, -0.05) is 0 Å². The molecule has 170 valence electrons. The van der Waals surface area contributed by atoms with E-state index in [0.29, 0.717) is 12.2 Å². The lowest BCUT2D eigenvalue weighted by Crippen LogP contribution is -2.47. The summed E-state index contributed by atoms with van der Waals surface area (Å²) in [5.74, 6) is -3.51.